The lowest BCUT2D eigenvalue weighted by atomic mass is 10.0. The zero-order chi connectivity index (χ0) is 19.1. The first-order valence-electron chi connectivity index (χ1n) is 7.35. The molecule has 0 heterocycles. The fourth-order valence-corrected chi connectivity index (χ4v) is 2.23. The molecule has 130 valence electrons. The van der Waals surface area contributed by atoms with E-state index in [0.717, 1.165) is 0 Å². The van der Waals surface area contributed by atoms with E-state index in [4.69, 9.17) is 22.3 Å². The van der Waals surface area contributed by atoms with Crippen LogP contribution < -0.4 is 9.47 Å². The molecule has 0 radical (unpaired) electrons. The van der Waals surface area contributed by atoms with Crippen molar-refractivity contribution in [3.63, 3.8) is 0 Å². The molecule has 0 atom stereocenters. The van der Waals surface area contributed by atoms with Gasteiger partial charge < -0.3 is 19.7 Å². The molecule has 0 saturated carbocycles. The van der Waals surface area contributed by atoms with Crippen molar-refractivity contribution in [1.82, 2.24) is 0 Å². The summed E-state index contributed by atoms with van der Waals surface area (Å²) in [4.78, 5) is 22.6. The molecule has 0 unspecified atom stereocenters. The van der Waals surface area contributed by atoms with E-state index < -0.39 is 11.9 Å². The van der Waals surface area contributed by atoms with Crippen LogP contribution in [0.15, 0.2) is 36.4 Å². The number of hydrogen-bond donors (Lipinski definition) is 2. The van der Waals surface area contributed by atoms with Crippen LogP contribution in [-0.4, -0.2) is 35.4 Å². The lowest BCUT2D eigenvalue weighted by Gasteiger charge is -2.12. The van der Waals surface area contributed by atoms with Crippen LogP contribution in [-0.2, 0) is 0 Å². The molecule has 0 aliphatic carbocycles. The third-order valence-corrected chi connectivity index (χ3v) is 3.38. The van der Waals surface area contributed by atoms with Crippen molar-refractivity contribution in [3.05, 3.63) is 47.5 Å². The van der Waals surface area contributed by atoms with Gasteiger partial charge in [0.15, 0.2) is 0 Å². The van der Waals surface area contributed by atoms with Crippen molar-refractivity contribution < 1.29 is 29.3 Å². The zero-order valence-corrected chi connectivity index (χ0v) is 13.6. The van der Waals surface area contributed by atoms with E-state index in [0.29, 0.717) is 11.1 Å². The number of terminal acetylenes is 2. The molecule has 0 amide bonds. The molecule has 0 spiro atoms. The predicted molar refractivity (Wildman–Crippen MR) is 94.5 cm³/mol. The molecule has 0 aliphatic rings. The molecule has 0 aliphatic heterocycles. The first-order valence-corrected chi connectivity index (χ1v) is 7.35. The Morgan fingerprint density at radius 2 is 1.19 bits per heavy atom. The van der Waals surface area contributed by atoms with Crippen molar-refractivity contribution in [2.75, 3.05) is 13.2 Å². The van der Waals surface area contributed by atoms with Gasteiger partial charge in [0.2, 0.25) is 0 Å². The Balaban J connectivity index is 2.50. The number of ether oxygens (including phenoxy) is 2. The lowest BCUT2D eigenvalue weighted by Crippen LogP contribution is -2.04. The number of aromatic carboxylic acids is 2. The van der Waals surface area contributed by atoms with Gasteiger partial charge >= 0.3 is 11.9 Å². The van der Waals surface area contributed by atoms with Gasteiger partial charge in [-0.3, -0.25) is 0 Å². The SMILES string of the molecule is C#CCOc1cc(-c2ccc(C(=O)O)c(OCC#C)c2)ccc1C(=O)O. The van der Waals surface area contributed by atoms with E-state index in [9.17, 15) is 19.8 Å². The van der Waals surface area contributed by atoms with Gasteiger partial charge in [-0.2, -0.15) is 0 Å². The average molecular weight is 350 g/mol. The summed E-state index contributed by atoms with van der Waals surface area (Å²) < 4.78 is 10.6. The quantitative estimate of drug-likeness (QED) is 0.746. The zero-order valence-electron chi connectivity index (χ0n) is 13.6. The third kappa shape index (κ3) is 4.14. The monoisotopic (exact) mass is 350 g/mol. The third-order valence-electron chi connectivity index (χ3n) is 3.38. The smallest absolute Gasteiger partial charge is 0.339 e. The molecule has 2 aromatic rings. The van der Waals surface area contributed by atoms with Gasteiger partial charge in [-0.25, -0.2) is 9.59 Å². The van der Waals surface area contributed by atoms with Gasteiger partial charge in [-0.15, -0.1) is 12.8 Å². The van der Waals surface area contributed by atoms with E-state index in [1.54, 1.807) is 12.1 Å². The number of carboxylic acid groups (broad SMARTS) is 2. The number of benzene rings is 2. The maximum absolute atomic E-state index is 11.3. The Morgan fingerprint density at radius 3 is 1.50 bits per heavy atom. The second kappa shape index (κ2) is 8.27. The summed E-state index contributed by atoms with van der Waals surface area (Å²) in [7, 11) is 0. The Morgan fingerprint density at radius 1 is 0.808 bits per heavy atom. The van der Waals surface area contributed by atoms with Crippen molar-refractivity contribution in [1.29, 1.82) is 0 Å². The molecule has 6 heteroatoms. The summed E-state index contributed by atoms with van der Waals surface area (Å²) in [6, 6.07) is 8.95. The standard InChI is InChI=1S/C20H14O6/c1-3-9-25-17-11-13(5-7-15(17)19(21)22)14-6-8-16(20(23)24)18(12-14)26-10-4-2/h1-2,5-8,11-12H,9-10H2,(H,21,22)(H,23,24). The first-order chi connectivity index (χ1) is 12.5. The fourth-order valence-electron chi connectivity index (χ4n) is 2.23. The normalized spacial score (nSPS) is 9.62. The van der Waals surface area contributed by atoms with E-state index in [-0.39, 0.29) is 35.8 Å². The summed E-state index contributed by atoms with van der Waals surface area (Å²) in [5.41, 5.74) is 1.14. The van der Waals surface area contributed by atoms with E-state index in [1.807, 2.05) is 0 Å². The summed E-state index contributed by atoms with van der Waals surface area (Å²) in [5, 5.41) is 18.5. The summed E-state index contributed by atoms with van der Waals surface area (Å²) in [6.07, 6.45) is 10.3. The summed E-state index contributed by atoms with van der Waals surface area (Å²) >= 11 is 0. The Bertz CT molecular complexity index is 853. The van der Waals surface area contributed by atoms with Crippen LogP contribution in [0, 0.1) is 24.7 Å². The lowest BCUT2D eigenvalue weighted by molar-refractivity contribution is 0.0681. The highest BCUT2D eigenvalue weighted by atomic mass is 16.5. The van der Waals surface area contributed by atoms with Crippen molar-refractivity contribution in [3.8, 4) is 47.3 Å². The van der Waals surface area contributed by atoms with Gasteiger partial charge in [-0.1, -0.05) is 24.0 Å². The maximum atomic E-state index is 11.3. The van der Waals surface area contributed by atoms with E-state index in [1.165, 1.54) is 24.3 Å². The molecule has 6 nitrogen and oxygen atoms in total. The van der Waals surface area contributed by atoms with Crippen molar-refractivity contribution in [2.24, 2.45) is 0 Å². The molecule has 2 aromatic carbocycles. The molecule has 2 rings (SSSR count). The van der Waals surface area contributed by atoms with Crippen molar-refractivity contribution >= 4 is 11.9 Å². The molecule has 0 bridgehead atoms. The number of carboxylic acids is 2. The molecule has 0 aromatic heterocycles. The molecular weight excluding hydrogens is 336 g/mol. The van der Waals surface area contributed by atoms with Crippen LogP contribution in [0.2, 0.25) is 0 Å². The van der Waals surface area contributed by atoms with Crippen molar-refractivity contribution in [2.45, 2.75) is 0 Å². The minimum Gasteiger partial charge on any atom is -0.480 e. The molecular formula is C20H14O6. The van der Waals surface area contributed by atoms with Crippen LogP contribution >= 0.6 is 0 Å². The van der Waals surface area contributed by atoms with Crippen LogP contribution in [0.25, 0.3) is 11.1 Å². The van der Waals surface area contributed by atoms with Gasteiger partial charge in [0.25, 0.3) is 0 Å². The van der Waals surface area contributed by atoms with Gasteiger partial charge in [0, 0.05) is 0 Å². The van der Waals surface area contributed by atoms with Crippen LogP contribution in [0.1, 0.15) is 20.7 Å². The molecule has 26 heavy (non-hydrogen) atoms. The number of hydrogen-bond acceptors (Lipinski definition) is 4. The molecule has 0 saturated heterocycles. The summed E-state index contributed by atoms with van der Waals surface area (Å²) in [6.45, 7) is -0.170. The highest BCUT2D eigenvalue weighted by molar-refractivity contribution is 5.93. The topological polar surface area (TPSA) is 93.1 Å². The largest absolute Gasteiger partial charge is 0.480 e. The minimum absolute atomic E-state index is 0.0324. The van der Waals surface area contributed by atoms with Crippen LogP contribution in [0.4, 0.5) is 0 Å². The second-order valence-corrected chi connectivity index (χ2v) is 5.02. The van der Waals surface area contributed by atoms with Gasteiger partial charge in [0.05, 0.1) is 0 Å². The van der Waals surface area contributed by atoms with E-state index in [2.05, 4.69) is 11.8 Å². The fraction of sp³-hybridized carbons (Fsp3) is 0.100. The average Bonchev–Trinajstić information content (AvgIpc) is 2.63. The van der Waals surface area contributed by atoms with Gasteiger partial charge in [-0.05, 0) is 35.4 Å². The highest BCUT2D eigenvalue weighted by Gasteiger charge is 2.16. The van der Waals surface area contributed by atoms with Gasteiger partial charge in [0.1, 0.15) is 35.8 Å². The van der Waals surface area contributed by atoms with Crippen LogP contribution in [0.3, 0.4) is 0 Å². The minimum atomic E-state index is -1.15. The number of rotatable bonds is 7. The Hall–Kier alpha value is -3.90. The maximum Gasteiger partial charge on any atom is 0.339 e. The molecule has 2 N–H and O–H groups in total. The Labute approximate surface area is 150 Å². The predicted octanol–water partition coefficient (Wildman–Crippen LogP) is 2.77. The second-order valence-electron chi connectivity index (χ2n) is 5.02. The van der Waals surface area contributed by atoms with E-state index >= 15 is 0 Å². The molecule has 0 fully saturated rings. The highest BCUT2D eigenvalue weighted by Crippen LogP contribution is 2.31. The Kier molecular flexibility index (Phi) is 5.87. The first kappa shape index (κ1) is 18.4. The number of carbonyl (C=O) groups is 2. The van der Waals surface area contributed by atoms with Crippen LogP contribution in [0.5, 0.6) is 11.5 Å². The summed E-state index contributed by atoms with van der Waals surface area (Å²) in [5.74, 6) is 2.47.